The van der Waals surface area contributed by atoms with E-state index in [0.29, 0.717) is 19.4 Å². The van der Waals surface area contributed by atoms with Gasteiger partial charge in [0.15, 0.2) is 0 Å². The lowest BCUT2D eigenvalue weighted by atomic mass is 10.0. The second-order valence-electron chi connectivity index (χ2n) is 5.51. The highest BCUT2D eigenvalue weighted by atomic mass is 16.2. The van der Waals surface area contributed by atoms with Crippen LogP contribution in [-0.2, 0) is 16.1 Å². The van der Waals surface area contributed by atoms with Gasteiger partial charge in [-0.25, -0.2) is 0 Å². The molecular weight excluding hydrogens is 266 g/mol. The molecule has 2 rings (SSSR count). The van der Waals surface area contributed by atoms with E-state index in [4.69, 9.17) is 0 Å². The third kappa shape index (κ3) is 3.23. The number of piperazine rings is 1. The van der Waals surface area contributed by atoms with E-state index in [2.05, 4.69) is 10.3 Å². The molecule has 1 fully saturated rings. The fourth-order valence-corrected chi connectivity index (χ4v) is 2.75. The zero-order valence-electron chi connectivity index (χ0n) is 12.9. The average molecular weight is 289 g/mol. The van der Waals surface area contributed by atoms with Crippen molar-refractivity contribution < 1.29 is 9.59 Å². The van der Waals surface area contributed by atoms with E-state index in [-0.39, 0.29) is 11.8 Å². The Morgan fingerprint density at radius 3 is 2.71 bits per heavy atom. The van der Waals surface area contributed by atoms with Crippen LogP contribution in [-0.4, -0.2) is 33.8 Å². The van der Waals surface area contributed by atoms with Gasteiger partial charge in [-0.15, -0.1) is 0 Å². The maximum Gasteiger partial charge on any atom is 0.246 e. The maximum absolute atomic E-state index is 12.6. The van der Waals surface area contributed by atoms with Crippen molar-refractivity contribution in [1.82, 2.24) is 15.2 Å². The molecule has 2 heterocycles. The molecule has 5 nitrogen and oxygen atoms in total. The largest absolute Gasteiger partial charge is 0.343 e. The third-order valence-corrected chi connectivity index (χ3v) is 3.98. The van der Waals surface area contributed by atoms with Gasteiger partial charge in [-0.05, 0) is 31.4 Å². The Morgan fingerprint density at radius 2 is 2.10 bits per heavy atom. The predicted octanol–water partition coefficient (Wildman–Crippen LogP) is 1.80. The highest BCUT2D eigenvalue weighted by Gasteiger charge is 2.39. The number of pyridine rings is 1. The number of nitrogens with one attached hydrogen (secondary N) is 1. The van der Waals surface area contributed by atoms with Crippen LogP contribution in [0.3, 0.4) is 0 Å². The Hall–Kier alpha value is -1.91. The first kappa shape index (κ1) is 15.5. The third-order valence-electron chi connectivity index (χ3n) is 3.98. The summed E-state index contributed by atoms with van der Waals surface area (Å²) >= 11 is 0. The van der Waals surface area contributed by atoms with Crippen molar-refractivity contribution in [3.63, 3.8) is 0 Å². The van der Waals surface area contributed by atoms with Crippen LogP contribution in [0.5, 0.6) is 0 Å². The molecule has 1 aliphatic heterocycles. The summed E-state index contributed by atoms with van der Waals surface area (Å²) in [5.41, 5.74) is 1.90. The van der Waals surface area contributed by atoms with Gasteiger partial charge in [-0.3, -0.25) is 14.6 Å². The number of hydrogen-bond donors (Lipinski definition) is 1. The summed E-state index contributed by atoms with van der Waals surface area (Å²) in [6, 6.07) is 3.06. The molecule has 21 heavy (non-hydrogen) atoms. The molecule has 0 radical (unpaired) electrons. The van der Waals surface area contributed by atoms with Crippen LogP contribution in [0.4, 0.5) is 0 Å². The normalized spacial score (nSPS) is 22.3. The van der Waals surface area contributed by atoms with Crippen molar-refractivity contribution in [1.29, 1.82) is 0 Å². The lowest BCUT2D eigenvalue weighted by Crippen LogP contribution is -2.62. The van der Waals surface area contributed by atoms with E-state index < -0.39 is 12.1 Å². The second kappa shape index (κ2) is 6.70. The van der Waals surface area contributed by atoms with E-state index in [1.54, 1.807) is 11.1 Å². The van der Waals surface area contributed by atoms with Gasteiger partial charge in [0.25, 0.3) is 0 Å². The number of aryl methyl sites for hydroxylation is 1. The lowest BCUT2D eigenvalue weighted by Gasteiger charge is -2.38. The average Bonchev–Trinajstić information content (AvgIpc) is 2.46. The number of nitrogens with zero attached hydrogens (tertiary/aromatic N) is 2. The molecule has 114 valence electrons. The Kier molecular flexibility index (Phi) is 4.94. The number of carbonyl (C=O) groups excluding carboxylic acids is 2. The highest BCUT2D eigenvalue weighted by Crippen LogP contribution is 2.19. The van der Waals surface area contributed by atoms with Crippen molar-refractivity contribution in [3.05, 3.63) is 29.6 Å². The number of carbonyl (C=O) groups is 2. The van der Waals surface area contributed by atoms with Crippen molar-refractivity contribution >= 4 is 11.8 Å². The summed E-state index contributed by atoms with van der Waals surface area (Å²) < 4.78 is 0. The first-order valence-electron chi connectivity index (χ1n) is 7.59. The molecule has 0 spiro atoms. The van der Waals surface area contributed by atoms with E-state index in [1.165, 1.54) is 0 Å². The van der Waals surface area contributed by atoms with Crippen molar-refractivity contribution in [2.24, 2.45) is 0 Å². The molecule has 0 aliphatic carbocycles. The molecule has 1 aromatic heterocycles. The molecule has 1 aromatic rings. The molecule has 2 unspecified atom stereocenters. The molecule has 1 saturated heterocycles. The van der Waals surface area contributed by atoms with E-state index in [1.807, 2.05) is 32.9 Å². The molecule has 0 saturated carbocycles. The molecule has 1 aliphatic rings. The fraction of sp³-hybridized carbons (Fsp3) is 0.562. The van der Waals surface area contributed by atoms with Crippen LogP contribution in [0.25, 0.3) is 0 Å². The zero-order chi connectivity index (χ0) is 15.4. The van der Waals surface area contributed by atoms with Crippen LogP contribution in [0.1, 0.15) is 44.4 Å². The SMILES string of the molecule is CCCC1NC(=O)C(CC)N(Cc2ncccc2C)C1=O. The molecular formula is C16H23N3O2. The van der Waals surface area contributed by atoms with E-state index >= 15 is 0 Å². The van der Waals surface area contributed by atoms with Gasteiger partial charge < -0.3 is 10.2 Å². The summed E-state index contributed by atoms with van der Waals surface area (Å²) in [5, 5.41) is 2.85. The van der Waals surface area contributed by atoms with Crippen LogP contribution < -0.4 is 5.32 Å². The minimum Gasteiger partial charge on any atom is -0.343 e. The Bertz CT molecular complexity index is 530. The zero-order valence-corrected chi connectivity index (χ0v) is 12.9. The van der Waals surface area contributed by atoms with Gasteiger partial charge in [0.1, 0.15) is 12.1 Å². The molecule has 2 atom stereocenters. The Balaban J connectivity index is 2.25. The van der Waals surface area contributed by atoms with Crippen molar-refractivity contribution in [2.75, 3.05) is 0 Å². The number of aromatic nitrogens is 1. The minimum absolute atomic E-state index is 0.00773. The topological polar surface area (TPSA) is 62.3 Å². The van der Waals surface area contributed by atoms with Gasteiger partial charge in [0.2, 0.25) is 11.8 Å². The van der Waals surface area contributed by atoms with Gasteiger partial charge in [0.05, 0.1) is 12.2 Å². The highest BCUT2D eigenvalue weighted by molar-refractivity contribution is 5.96. The maximum atomic E-state index is 12.6. The van der Waals surface area contributed by atoms with Gasteiger partial charge in [0, 0.05) is 6.20 Å². The molecule has 0 bridgehead atoms. The first-order chi connectivity index (χ1) is 10.1. The smallest absolute Gasteiger partial charge is 0.246 e. The Labute approximate surface area is 125 Å². The van der Waals surface area contributed by atoms with Gasteiger partial charge in [-0.2, -0.15) is 0 Å². The van der Waals surface area contributed by atoms with Crippen LogP contribution >= 0.6 is 0 Å². The van der Waals surface area contributed by atoms with Crippen LogP contribution in [0.2, 0.25) is 0 Å². The number of rotatable bonds is 5. The summed E-state index contributed by atoms with van der Waals surface area (Å²) in [4.78, 5) is 30.9. The van der Waals surface area contributed by atoms with E-state index in [9.17, 15) is 9.59 Å². The summed E-state index contributed by atoms with van der Waals surface area (Å²) in [5.74, 6) is -0.0440. The predicted molar refractivity (Wildman–Crippen MR) is 80.4 cm³/mol. The lowest BCUT2D eigenvalue weighted by molar-refractivity contribution is -0.150. The standard InChI is InChI=1S/C16H23N3O2/c1-4-7-12-16(21)19(14(5-2)15(20)18-12)10-13-11(3)8-6-9-17-13/h6,8-9,12,14H,4-5,7,10H2,1-3H3,(H,18,20). The molecule has 0 aromatic carbocycles. The van der Waals surface area contributed by atoms with Gasteiger partial charge >= 0.3 is 0 Å². The Morgan fingerprint density at radius 1 is 1.33 bits per heavy atom. The first-order valence-corrected chi connectivity index (χ1v) is 7.59. The molecule has 1 N–H and O–H groups in total. The van der Waals surface area contributed by atoms with Crippen molar-refractivity contribution in [3.8, 4) is 0 Å². The van der Waals surface area contributed by atoms with Crippen molar-refractivity contribution in [2.45, 2.75) is 58.7 Å². The quantitative estimate of drug-likeness (QED) is 0.899. The number of hydrogen-bond acceptors (Lipinski definition) is 3. The van der Waals surface area contributed by atoms with Crippen LogP contribution in [0, 0.1) is 6.92 Å². The van der Waals surface area contributed by atoms with Gasteiger partial charge in [-0.1, -0.05) is 26.3 Å². The number of amides is 2. The monoisotopic (exact) mass is 289 g/mol. The molecule has 2 amide bonds. The fourth-order valence-electron chi connectivity index (χ4n) is 2.75. The summed E-state index contributed by atoms with van der Waals surface area (Å²) in [7, 11) is 0. The minimum atomic E-state index is -0.396. The summed E-state index contributed by atoms with van der Waals surface area (Å²) in [6.07, 6.45) is 3.88. The van der Waals surface area contributed by atoms with Crippen LogP contribution in [0.15, 0.2) is 18.3 Å². The summed E-state index contributed by atoms with van der Waals surface area (Å²) in [6.45, 7) is 6.31. The second-order valence-corrected chi connectivity index (χ2v) is 5.51. The molecule has 5 heteroatoms. The van der Waals surface area contributed by atoms with E-state index in [0.717, 1.165) is 17.7 Å².